The highest BCUT2D eigenvalue weighted by atomic mass is 31.0. The van der Waals surface area contributed by atoms with Gasteiger partial charge in [0.15, 0.2) is 0 Å². The van der Waals surface area contributed by atoms with Crippen molar-refractivity contribution >= 4 is 31.6 Å². The molecule has 1 unspecified atom stereocenters. The Balaban J connectivity index is 1.49. The van der Waals surface area contributed by atoms with Crippen LogP contribution in [0.2, 0.25) is 0 Å². The molecule has 1 atom stereocenters. The van der Waals surface area contributed by atoms with Crippen LogP contribution in [0.1, 0.15) is 11.4 Å². The molecule has 0 amide bonds. The Morgan fingerprint density at radius 1 is 1.09 bits per heavy atom. The molecule has 0 spiro atoms. The minimum Gasteiger partial charge on any atom is -0.379 e. The molecule has 4 rings (SSSR count). The van der Waals surface area contributed by atoms with Gasteiger partial charge < -0.3 is 10.2 Å². The van der Waals surface area contributed by atoms with Crippen molar-refractivity contribution in [2.24, 2.45) is 0 Å². The van der Waals surface area contributed by atoms with Crippen LogP contribution in [0.15, 0.2) is 67.0 Å². The van der Waals surface area contributed by atoms with Crippen LogP contribution in [0.4, 0.5) is 34.6 Å². The first-order valence-electron chi connectivity index (χ1n) is 9.78. The minimum atomic E-state index is -4.51. The summed E-state index contributed by atoms with van der Waals surface area (Å²) < 4.78 is 54.3. The summed E-state index contributed by atoms with van der Waals surface area (Å²) in [5.41, 5.74) is 1.70. The fourth-order valence-corrected chi connectivity index (χ4v) is 3.42. The molecule has 4 aromatic rings. The summed E-state index contributed by atoms with van der Waals surface area (Å²) in [6.07, 6.45) is -1.75. The number of alkyl halides is 3. The number of hydrogen-bond acceptors (Lipinski definition) is 5. The topological polar surface area (TPSA) is 58.9 Å². The van der Waals surface area contributed by atoms with E-state index in [0.29, 0.717) is 17.1 Å². The van der Waals surface area contributed by atoms with Crippen molar-refractivity contribution in [2.75, 3.05) is 17.3 Å². The molecule has 0 fully saturated rings. The first-order chi connectivity index (χ1) is 15.7. The number of aromatic nitrogens is 4. The van der Waals surface area contributed by atoms with Crippen LogP contribution in [-0.4, -0.2) is 27.0 Å². The summed E-state index contributed by atoms with van der Waals surface area (Å²) in [6, 6.07) is 14.5. The van der Waals surface area contributed by atoms with Gasteiger partial charge in [-0.3, -0.25) is 4.98 Å². The zero-order valence-corrected chi connectivity index (χ0v) is 18.5. The third kappa shape index (κ3) is 5.28. The first-order valence-corrected chi connectivity index (χ1v) is 10.4. The summed E-state index contributed by atoms with van der Waals surface area (Å²) in [6.45, 7) is 0.174. The molecule has 0 aliphatic rings. The van der Waals surface area contributed by atoms with E-state index in [2.05, 4.69) is 29.9 Å². The summed E-state index contributed by atoms with van der Waals surface area (Å²) >= 11 is 0. The van der Waals surface area contributed by atoms with Gasteiger partial charge in [0.1, 0.15) is 17.2 Å². The highest BCUT2D eigenvalue weighted by Gasteiger charge is 2.32. The Hall–Kier alpha value is -3.52. The molecule has 1 N–H and O–H groups in total. The molecule has 0 aliphatic carbocycles. The van der Waals surface area contributed by atoms with E-state index >= 15 is 0 Å². The van der Waals surface area contributed by atoms with Crippen molar-refractivity contribution in [2.45, 2.75) is 12.7 Å². The number of benzene rings is 2. The average Bonchev–Trinajstić information content (AvgIpc) is 3.28. The quantitative estimate of drug-likeness (QED) is 0.324. The highest BCUT2D eigenvalue weighted by Crippen LogP contribution is 2.29. The van der Waals surface area contributed by atoms with Crippen LogP contribution in [-0.2, 0) is 12.7 Å². The van der Waals surface area contributed by atoms with E-state index in [9.17, 15) is 17.6 Å². The lowest BCUT2D eigenvalue weighted by molar-refractivity contribution is -0.141. The second kappa shape index (κ2) is 9.15. The van der Waals surface area contributed by atoms with Gasteiger partial charge in [-0.2, -0.15) is 13.2 Å². The average molecular weight is 474 g/mol. The maximum Gasteiger partial charge on any atom is 0.433 e. The molecular formula is C22H19F4N6P. The third-order valence-electron chi connectivity index (χ3n) is 4.88. The minimum absolute atomic E-state index is 0.174. The maximum atomic E-state index is 14.3. The van der Waals surface area contributed by atoms with Gasteiger partial charge in [-0.05, 0) is 47.8 Å². The number of nitrogens with zero attached hydrogens (tertiary/aromatic N) is 5. The summed E-state index contributed by atoms with van der Waals surface area (Å²) in [5, 5.41) is 11.9. The molecular weight excluding hydrogens is 455 g/mol. The fourth-order valence-electron chi connectivity index (χ4n) is 3.16. The third-order valence-corrected chi connectivity index (χ3v) is 5.24. The molecule has 170 valence electrons. The van der Waals surface area contributed by atoms with Crippen molar-refractivity contribution in [3.8, 4) is 5.69 Å². The van der Waals surface area contributed by atoms with Gasteiger partial charge in [-0.1, -0.05) is 17.3 Å². The van der Waals surface area contributed by atoms with Crippen molar-refractivity contribution in [1.82, 2.24) is 20.0 Å². The summed E-state index contributed by atoms with van der Waals surface area (Å²) in [5.74, 6) is -0.340. The standard InChI is InChI=1S/C22H19F4N6P/c1-31(20-11-18(33)5-6-19(20)23)16-3-2-4-17(10-16)32-13-15(29-30-32)12-28-14-7-8-27-21(9-14)22(24,25)26/h2-11,13H,12,33H2,1H3,(H,27,28). The van der Waals surface area contributed by atoms with E-state index in [1.54, 1.807) is 35.0 Å². The molecule has 2 aromatic carbocycles. The maximum absolute atomic E-state index is 14.3. The van der Waals surface area contributed by atoms with E-state index in [0.717, 1.165) is 23.3 Å². The Bertz CT molecular complexity index is 1270. The molecule has 0 saturated carbocycles. The molecule has 11 heteroatoms. The fraction of sp³-hybridized carbons (Fsp3) is 0.136. The molecule has 33 heavy (non-hydrogen) atoms. The van der Waals surface area contributed by atoms with Crippen LogP contribution in [0.5, 0.6) is 0 Å². The Morgan fingerprint density at radius 3 is 2.70 bits per heavy atom. The highest BCUT2D eigenvalue weighted by molar-refractivity contribution is 7.27. The lowest BCUT2D eigenvalue weighted by Gasteiger charge is -2.21. The van der Waals surface area contributed by atoms with E-state index < -0.39 is 11.9 Å². The van der Waals surface area contributed by atoms with Gasteiger partial charge in [-0.15, -0.1) is 14.3 Å². The van der Waals surface area contributed by atoms with Crippen LogP contribution in [0.25, 0.3) is 5.69 Å². The molecule has 2 aromatic heterocycles. The van der Waals surface area contributed by atoms with Crippen molar-refractivity contribution < 1.29 is 17.6 Å². The monoisotopic (exact) mass is 474 g/mol. The van der Waals surface area contributed by atoms with Crippen LogP contribution in [0.3, 0.4) is 0 Å². The Morgan fingerprint density at radius 2 is 1.91 bits per heavy atom. The molecule has 2 heterocycles. The number of nitrogens with one attached hydrogen (secondary N) is 1. The molecule has 0 aliphatic heterocycles. The molecule has 0 saturated heterocycles. The second-order valence-electron chi connectivity index (χ2n) is 7.23. The second-order valence-corrected chi connectivity index (χ2v) is 7.89. The number of halogens is 4. The number of pyridine rings is 1. The van der Waals surface area contributed by atoms with E-state index in [1.165, 1.54) is 12.1 Å². The molecule has 0 radical (unpaired) electrons. The SMILES string of the molecule is CN(c1cccc(-n2cc(CNc3ccnc(C(F)(F)F)c3)nn2)c1)c1cc(P)ccc1F. The van der Waals surface area contributed by atoms with Crippen molar-refractivity contribution in [1.29, 1.82) is 0 Å². The lowest BCUT2D eigenvalue weighted by Crippen LogP contribution is -2.13. The largest absolute Gasteiger partial charge is 0.433 e. The van der Waals surface area contributed by atoms with Crippen LogP contribution in [0, 0.1) is 5.82 Å². The lowest BCUT2D eigenvalue weighted by atomic mass is 10.2. The number of anilines is 3. The first kappa shape index (κ1) is 22.7. The van der Waals surface area contributed by atoms with Crippen LogP contribution >= 0.6 is 9.24 Å². The summed E-state index contributed by atoms with van der Waals surface area (Å²) in [7, 11) is 4.31. The molecule has 0 bridgehead atoms. The smallest absolute Gasteiger partial charge is 0.379 e. The van der Waals surface area contributed by atoms with Gasteiger partial charge in [0, 0.05) is 24.6 Å². The Labute approximate surface area is 189 Å². The van der Waals surface area contributed by atoms with Gasteiger partial charge in [0.25, 0.3) is 0 Å². The van der Waals surface area contributed by atoms with Gasteiger partial charge >= 0.3 is 6.18 Å². The van der Waals surface area contributed by atoms with Crippen molar-refractivity contribution in [3.05, 3.63) is 84.2 Å². The van der Waals surface area contributed by atoms with Gasteiger partial charge in [0.05, 0.1) is 24.1 Å². The number of rotatable bonds is 6. The van der Waals surface area contributed by atoms with E-state index in [1.807, 2.05) is 24.3 Å². The van der Waals surface area contributed by atoms with Gasteiger partial charge in [0.2, 0.25) is 0 Å². The van der Waals surface area contributed by atoms with Crippen LogP contribution < -0.4 is 15.5 Å². The zero-order valence-electron chi connectivity index (χ0n) is 17.4. The van der Waals surface area contributed by atoms with Crippen molar-refractivity contribution in [3.63, 3.8) is 0 Å². The molecule has 6 nitrogen and oxygen atoms in total. The van der Waals surface area contributed by atoms with E-state index in [4.69, 9.17) is 0 Å². The normalized spacial score (nSPS) is 11.5. The Kier molecular flexibility index (Phi) is 6.29. The predicted octanol–water partition coefficient (Wildman–Crippen LogP) is 4.70. The summed E-state index contributed by atoms with van der Waals surface area (Å²) in [4.78, 5) is 5.07. The predicted molar refractivity (Wildman–Crippen MR) is 122 cm³/mol. The van der Waals surface area contributed by atoms with E-state index in [-0.39, 0.29) is 18.0 Å². The zero-order chi connectivity index (χ0) is 23.6. The van der Waals surface area contributed by atoms with Gasteiger partial charge in [-0.25, -0.2) is 9.07 Å². The number of hydrogen-bond donors (Lipinski definition) is 1.